The van der Waals surface area contributed by atoms with Gasteiger partial charge in [0.2, 0.25) is 0 Å². The van der Waals surface area contributed by atoms with E-state index in [0.29, 0.717) is 12.7 Å². The van der Waals surface area contributed by atoms with Crippen LogP contribution in [0.2, 0.25) is 0 Å². The van der Waals surface area contributed by atoms with E-state index >= 15 is 0 Å². The van der Waals surface area contributed by atoms with Crippen LogP contribution in [0.3, 0.4) is 0 Å². The van der Waals surface area contributed by atoms with Crippen LogP contribution < -0.4 is 0 Å². The van der Waals surface area contributed by atoms with Gasteiger partial charge in [-0.1, -0.05) is 0 Å². The van der Waals surface area contributed by atoms with E-state index in [2.05, 4.69) is 0 Å². The maximum atomic E-state index is 1.98. The van der Waals surface area contributed by atoms with Crippen LogP contribution in [0.4, 0.5) is 0 Å². The van der Waals surface area contributed by atoms with Crippen molar-refractivity contribution in [3.63, 3.8) is 0 Å². The molecule has 0 atom stereocenters. The summed E-state index contributed by atoms with van der Waals surface area (Å²) >= 11 is 0.693. The average molecular weight is 368 g/mol. The van der Waals surface area contributed by atoms with Gasteiger partial charge < -0.3 is 0 Å². The van der Waals surface area contributed by atoms with Gasteiger partial charge in [0, 0.05) is 0 Å². The summed E-state index contributed by atoms with van der Waals surface area (Å²) in [7, 11) is 17.1. The summed E-state index contributed by atoms with van der Waals surface area (Å²) in [5, 5.41) is 0. The summed E-state index contributed by atoms with van der Waals surface area (Å²) in [5.74, 6) is 0. The molecule has 1 aliphatic heterocycles. The second-order valence-electron chi connectivity index (χ2n) is 0.680. The van der Waals surface area contributed by atoms with Gasteiger partial charge in [-0.05, 0) is 0 Å². The Morgan fingerprint density at radius 2 is 0.900 bits per heavy atom. The topological polar surface area (TPSA) is 0 Å². The van der Waals surface area contributed by atoms with E-state index in [-0.39, 0.29) is 0 Å². The van der Waals surface area contributed by atoms with Gasteiger partial charge in [0.25, 0.3) is 0 Å². The Morgan fingerprint density at radius 1 is 0.500 bits per heavy atom. The van der Waals surface area contributed by atoms with Gasteiger partial charge in [-0.15, -0.1) is 0 Å². The summed E-state index contributed by atoms with van der Waals surface area (Å²) in [6.07, 6.45) is 0. The number of hydrogen-bond acceptors (Lipinski definition) is 9. The molecular weight excluding hydrogens is 368 g/mol. The first-order valence-corrected chi connectivity index (χ1v) is 17.2. The Kier molecular flexibility index (Phi) is 10.8. The van der Waals surface area contributed by atoms with E-state index < -0.39 is 0 Å². The quantitative estimate of drug-likeness (QED) is 0.401. The maximum absolute atomic E-state index is 1.98. The molecule has 0 aliphatic carbocycles. The first-order chi connectivity index (χ1) is 5.00. The first-order valence-electron chi connectivity index (χ1n) is 1.67. The van der Waals surface area contributed by atoms with Gasteiger partial charge in [-0.3, -0.25) is 0 Å². The Bertz CT molecular complexity index is 37.9. The van der Waals surface area contributed by atoms with Crippen molar-refractivity contribution in [2.24, 2.45) is 0 Å². The van der Waals surface area contributed by atoms with Gasteiger partial charge in [0.15, 0.2) is 0 Å². The molecule has 0 amide bonds. The van der Waals surface area contributed by atoms with Gasteiger partial charge in [0.1, 0.15) is 0 Å². The summed E-state index contributed by atoms with van der Waals surface area (Å²) in [5.41, 5.74) is 0. The van der Waals surface area contributed by atoms with Gasteiger partial charge in [-0.25, -0.2) is 0 Å². The molecule has 0 aromatic heterocycles. The zero-order valence-electron chi connectivity index (χ0n) is 4.08. The summed E-state index contributed by atoms with van der Waals surface area (Å²) in [4.78, 5) is 0. The SMILES string of the molecule is S1SSSS[Se]SSSS1. The molecule has 0 nitrogen and oxygen atoms in total. The number of hydrogen-bond donors (Lipinski definition) is 0. The Labute approximate surface area is 98.1 Å². The molecule has 1 fully saturated rings. The van der Waals surface area contributed by atoms with Crippen molar-refractivity contribution in [2.45, 2.75) is 0 Å². The molecule has 0 bridgehead atoms. The molecule has 1 saturated heterocycles. The standard InChI is InChI=1S/S9Se/c1-2-4-6-8-10-9-7-5-3-1. The van der Waals surface area contributed by atoms with Crippen molar-refractivity contribution in [3.8, 4) is 0 Å². The fraction of sp³-hybridized carbons (Fsp3) is 0. The molecule has 10 heteroatoms. The second-order valence-corrected chi connectivity index (χ2v) is 22.4. The van der Waals surface area contributed by atoms with Crippen LogP contribution in [-0.4, -0.2) is 12.7 Å². The van der Waals surface area contributed by atoms with E-state index in [1.165, 1.54) is 0 Å². The molecular formula is S9Se. The minimum atomic E-state index is 0.693. The first kappa shape index (κ1) is 11.7. The zero-order chi connectivity index (χ0) is 7.07. The third-order valence-corrected chi connectivity index (χ3v) is 29.1. The summed E-state index contributed by atoms with van der Waals surface area (Å²) < 4.78 is 0. The zero-order valence-corrected chi connectivity index (χ0v) is 13.1. The molecule has 1 aliphatic rings. The molecule has 0 saturated carbocycles. The third-order valence-electron chi connectivity index (χ3n) is 0.278. The molecule has 10 heavy (non-hydrogen) atoms. The van der Waals surface area contributed by atoms with Crippen molar-refractivity contribution < 1.29 is 0 Å². The molecule has 0 aromatic carbocycles. The van der Waals surface area contributed by atoms with Crippen molar-refractivity contribution >= 4 is 99.9 Å². The normalized spacial score (nSPS) is 24.0. The minimum absolute atomic E-state index is 0.693. The summed E-state index contributed by atoms with van der Waals surface area (Å²) in [6, 6.07) is 0. The van der Waals surface area contributed by atoms with E-state index in [0.717, 1.165) is 0 Å². The summed E-state index contributed by atoms with van der Waals surface area (Å²) in [6.45, 7) is 0. The van der Waals surface area contributed by atoms with Crippen molar-refractivity contribution in [3.05, 3.63) is 0 Å². The molecule has 1 heterocycles. The van der Waals surface area contributed by atoms with Crippen LogP contribution in [0.5, 0.6) is 0 Å². The monoisotopic (exact) mass is 368 g/mol. The third kappa shape index (κ3) is 7.11. The molecule has 0 unspecified atom stereocenters. The van der Waals surface area contributed by atoms with Crippen LogP contribution in [0.15, 0.2) is 0 Å². The van der Waals surface area contributed by atoms with E-state index in [9.17, 15) is 0 Å². The molecule has 60 valence electrons. The van der Waals surface area contributed by atoms with Crippen LogP contribution >= 0.6 is 87.2 Å². The second kappa shape index (κ2) is 9.23. The molecule has 0 spiro atoms. The molecule has 0 aromatic rings. The van der Waals surface area contributed by atoms with Crippen molar-refractivity contribution in [1.82, 2.24) is 0 Å². The van der Waals surface area contributed by atoms with Crippen LogP contribution in [0, 0.1) is 0 Å². The van der Waals surface area contributed by atoms with Crippen LogP contribution in [0.1, 0.15) is 0 Å². The molecule has 0 N–H and O–H groups in total. The average Bonchev–Trinajstić information content (AvgIpc) is 2.01. The van der Waals surface area contributed by atoms with E-state index in [1.54, 1.807) is 0 Å². The van der Waals surface area contributed by atoms with Crippen LogP contribution in [-0.2, 0) is 0 Å². The predicted molar refractivity (Wildman–Crippen MR) is 74.1 cm³/mol. The van der Waals surface area contributed by atoms with Gasteiger partial charge in [-0.2, -0.15) is 0 Å². The van der Waals surface area contributed by atoms with Gasteiger partial charge in [0.05, 0.1) is 0 Å². The Morgan fingerprint density at radius 3 is 1.40 bits per heavy atom. The molecule has 1 rings (SSSR count). The van der Waals surface area contributed by atoms with Crippen LogP contribution in [0.25, 0.3) is 0 Å². The fourth-order valence-corrected chi connectivity index (χ4v) is 37.6. The predicted octanol–water partition coefficient (Wildman–Crippen LogP) is 5.45. The number of rotatable bonds is 0. The van der Waals surface area contributed by atoms with Crippen molar-refractivity contribution in [2.75, 3.05) is 0 Å². The Hall–Kier alpha value is 3.67. The Balaban J connectivity index is 2.00. The molecule has 0 radical (unpaired) electrons. The van der Waals surface area contributed by atoms with Gasteiger partial charge >= 0.3 is 99.9 Å². The van der Waals surface area contributed by atoms with E-state index in [1.807, 2.05) is 87.2 Å². The van der Waals surface area contributed by atoms with Crippen molar-refractivity contribution in [1.29, 1.82) is 0 Å². The van der Waals surface area contributed by atoms with E-state index in [4.69, 9.17) is 0 Å². The fourth-order valence-electron chi connectivity index (χ4n) is 0.113.